The van der Waals surface area contributed by atoms with E-state index in [-0.39, 0.29) is 0 Å². The van der Waals surface area contributed by atoms with Crippen molar-refractivity contribution in [1.82, 2.24) is 0 Å². The van der Waals surface area contributed by atoms with Gasteiger partial charge in [0.25, 0.3) is 0 Å². The minimum absolute atomic E-state index is 0.461. The van der Waals surface area contributed by atoms with Crippen molar-refractivity contribution in [3.8, 4) is 11.8 Å². The molecule has 0 amide bonds. The van der Waals surface area contributed by atoms with Gasteiger partial charge in [0.1, 0.15) is 0 Å². The molecule has 2 atom stereocenters. The molecule has 90 valence electrons. The largest absolute Gasteiger partial charge is 0.390 e. The van der Waals surface area contributed by atoms with E-state index >= 15 is 0 Å². The van der Waals surface area contributed by atoms with Crippen molar-refractivity contribution < 1.29 is 5.11 Å². The van der Waals surface area contributed by atoms with Crippen LogP contribution < -0.4 is 0 Å². The minimum atomic E-state index is -0.461. The monoisotopic (exact) mass is 228 g/mol. The number of rotatable bonds is 1. The fourth-order valence-electron chi connectivity index (χ4n) is 2.59. The average molecular weight is 228 g/mol. The highest BCUT2D eigenvalue weighted by Crippen LogP contribution is 2.33. The van der Waals surface area contributed by atoms with Crippen molar-refractivity contribution in [3.05, 3.63) is 35.9 Å². The molecule has 2 rings (SSSR count). The number of aliphatic hydroxyl groups is 1. The summed E-state index contributed by atoms with van der Waals surface area (Å²) >= 11 is 0. The van der Waals surface area contributed by atoms with Crippen LogP contribution in [0.1, 0.15) is 44.6 Å². The summed E-state index contributed by atoms with van der Waals surface area (Å²) in [5.41, 5.74) is 0.618. The number of benzene rings is 1. The Balaban J connectivity index is 1.88. The first kappa shape index (κ1) is 12.2. The molecule has 1 saturated carbocycles. The van der Waals surface area contributed by atoms with Gasteiger partial charge < -0.3 is 5.11 Å². The maximum atomic E-state index is 10.0. The third-order valence-corrected chi connectivity index (χ3v) is 3.45. The highest BCUT2D eigenvalue weighted by Gasteiger charge is 2.29. The lowest BCUT2D eigenvalue weighted by molar-refractivity contribution is 0.00210. The predicted octanol–water partition coefficient (Wildman–Crippen LogP) is 3.37. The summed E-state index contributed by atoms with van der Waals surface area (Å²) in [4.78, 5) is 0. The molecule has 1 heteroatoms. The summed E-state index contributed by atoms with van der Waals surface area (Å²) in [5, 5.41) is 10.0. The van der Waals surface area contributed by atoms with Gasteiger partial charge in [-0.25, -0.2) is 0 Å². The molecule has 1 aliphatic rings. The Bertz CT molecular complexity index is 408. The Labute approximate surface area is 104 Å². The van der Waals surface area contributed by atoms with Gasteiger partial charge in [0.15, 0.2) is 0 Å². The van der Waals surface area contributed by atoms with Crippen molar-refractivity contribution in [3.63, 3.8) is 0 Å². The molecule has 17 heavy (non-hydrogen) atoms. The van der Waals surface area contributed by atoms with E-state index in [9.17, 15) is 5.11 Å². The van der Waals surface area contributed by atoms with E-state index in [0.717, 1.165) is 31.2 Å². The van der Waals surface area contributed by atoms with E-state index in [1.54, 1.807) is 0 Å². The third-order valence-electron chi connectivity index (χ3n) is 3.45. The van der Waals surface area contributed by atoms with E-state index in [4.69, 9.17) is 0 Å². The van der Waals surface area contributed by atoms with Crippen LogP contribution in [0.3, 0.4) is 0 Å². The first-order chi connectivity index (χ1) is 8.16. The van der Waals surface area contributed by atoms with Crippen LogP contribution in [0.5, 0.6) is 0 Å². The van der Waals surface area contributed by atoms with Crippen LogP contribution >= 0.6 is 0 Å². The van der Waals surface area contributed by atoms with Crippen molar-refractivity contribution in [2.45, 2.75) is 44.6 Å². The van der Waals surface area contributed by atoms with E-state index in [0.29, 0.717) is 5.92 Å². The number of hydrogen-bond acceptors (Lipinski definition) is 1. The molecule has 0 bridgehead atoms. The normalized spacial score (nSPS) is 28.2. The van der Waals surface area contributed by atoms with Crippen LogP contribution in [0.2, 0.25) is 0 Å². The lowest BCUT2D eigenvalue weighted by atomic mass is 9.78. The highest BCUT2D eigenvalue weighted by molar-refractivity contribution is 5.33. The summed E-state index contributed by atoms with van der Waals surface area (Å²) in [6.07, 6.45) is 5.08. The molecule has 0 spiro atoms. The molecule has 0 saturated heterocycles. The molecular weight excluding hydrogens is 208 g/mol. The van der Waals surface area contributed by atoms with Crippen molar-refractivity contribution in [2.75, 3.05) is 0 Å². The zero-order valence-electron chi connectivity index (χ0n) is 10.4. The van der Waals surface area contributed by atoms with Crippen molar-refractivity contribution in [2.24, 2.45) is 5.92 Å². The summed E-state index contributed by atoms with van der Waals surface area (Å²) in [7, 11) is 0. The summed E-state index contributed by atoms with van der Waals surface area (Å²) in [5.74, 6) is 7.00. The van der Waals surface area contributed by atoms with Crippen LogP contribution in [-0.4, -0.2) is 10.7 Å². The van der Waals surface area contributed by atoms with Crippen molar-refractivity contribution >= 4 is 0 Å². The zero-order valence-corrected chi connectivity index (χ0v) is 10.4. The van der Waals surface area contributed by atoms with E-state index in [1.165, 1.54) is 6.42 Å². The Morgan fingerprint density at radius 2 is 2.12 bits per heavy atom. The van der Waals surface area contributed by atoms with Gasteiger partial charge in [-0.1, -0.05) is 36.5 Å². The lowest BCUT2D eigenvalue weighted by Gasteiger charge is -2.33. The molecule has 1 aromatic rings. The van der Waals surface area contributed by atoms with Gasteiger partial charge in [-0.3, -0.25) is 0 Å². The molecule has 1 N–H and O–H groups in total. The number of hydrogen-bond donors (Lipinski definition) is 1. The smallest absolute Gasteiger partial charge is 0.0622 e. The Hall–Kier alpha value is -1.26. The standard InChI is InChI=1S/C16H20O/c1-16(17)12-6-11-15(13-16)10-5-9-14-7-3-2-4-8-14/h2-4,7-8,15,17H,6,10-13H2,1H3/t15-,16-/m0/s1. The Morgan fingerprint density at radius 1 is 1.35 bits per heavy atom. The highest BCUT2D eigenvalue weighted by atomic mass is 16.3. The van der Waals surface area contributed by atoms with E-state index in [2.05, 4.69) is 11.8 Å². The molecule has 0 heterocycles. The maximum absolute atomic E-state index is 10.0. The van der Waals surface area contributed by atoms with Gasteiger partial charge in [0.2, 0.25) is 0 Å². The molecule has 0 unspecified atom stereocenters. The van der Waals surface area contributed by atoms with Crippen LogP contribution in [0.25, 0.3) is 0 Å². The summed E-state index contributed by atoms with van der Waals surface area (Å²) in [6, 6.07) is 10.1. The van der Waals surface area contributed by atoms with Gasteiger partial charge in [0, 0.05) is 12.0 Å². The Morgan fingerprint density at radius 3 is 2.82 bits per heavy atom. The first-order valence-electron chi connectivity index (χ1n) is 6.42. The van der Waals surface area contributed by atoms with Gasteiger partial charge in [-0.05, 0) is 44.2 Å². The topological polar surface area (TPSA) is 20.2 Å². The molecule has 0 aromatic heterocycles. The Kier molecular flexibility index (Phi) is 3.86. The fraction of sp³-hybridized carbons (Fsp3) is 0.500. The SMILES string of the molecule is C[C@]1(O)CCC[C@H](CC#Cc2ccccc2)C1. The molecule has 0 radical (unpaired) electrons. The van der Waals surface area contributed by atoms with Crippen molar-refractivity contribution in [1.29, 1.82) is 0 Å². The van der Waals surface area contributed by atoms with Crippen LogP contribution in [-0.2, 0) is 0 Å². The van der Waals surface area contributed by atoms with Crippen LogP contribution in [0.4, 0.5) is 0 Å². The second-order valence-corrected chi connectivity index (χ2v) is 5.33. The lowest BCUT2D eigenvalue weighted by Crippen LogP contribution is -2.31. The third kappa shape index (κ3) is 3.91. The van der Waals surface area contributed by atoms with Gasteiger partial charge in [0.05, 0.1) is 5.60 Å². The second kappa shape index (κ2) is 5.38. The minimum Gasteiger partial charge on any atom is -0.390 e. The quantitative estimate of drug-likeness (QED) is 0.731. The molecule has 1 aliphatic carbocycles. The van der Waals surface area contributed by atoms with Gasteiger partial charge in [-0.15, -0.1) is 0 Å². The second-order valence-electron chi connectivity index (χ2n) is 5.33. The van der Waals surface area contributed by atoms with Crippen LogP contribution in [0.15, 0.2) is 30.3 Å². The van der Waals surface area contributed by atoms with Crippen LogP contribution in [0, 0.1) is 17.8 Å². The molecule has 1 aromatic carbocycles. The average Bonchev–Trinajstić information content (AvgIpc) is 2.29. The molecular formula is C16H20O. The maximum Gasteiger partial charge on any atom is 0.0622 e. The fourth-order valence-corrected chi connectivity index (χ4v) is 2.59. The first-order valence-corrected chi connectivity index (χ1v) is 6.42. The molecule has 1 fully saturated rings. The molecule has 1 nitrogen and oxygen atoms in total. The summed E-state index contributed by atoms with van der Waals surface area (Å²) < 4.78 is 0. The predicted molar refractivity (Wildman–Crippen MR) is 70.5 cm³/mol. The zero-order chi connectivity index (χ0) is 12.1. The van der Waals surface area contributed by atoms with Gasteiger partial charge >= 0.3 is 0 Å². The summed E-state index contributed by atoms with van der Waals surface area (Å²) in [6.45, 7) is 1.95. The van der Waals surface area contributed by atoms with E-state index in [1.807, 2.05) is 37.3 Å². The molecule has 0 aliphatic heterocycles. The van der Waals surface area contributed by atoms with Gasteiger partial charge in [-0.2, -0.15) is 0 Å². The van der Waals surface area contributed by atoms with E-state index < -0.39 is 5.60 Å².